The first-order chi connectivity index (χ1) is 22.9. The zero-order valence-electron chi connectivity index (χ0n) is 39.4. The summed E-state index contributed by atoms with van der Waals surface area (Å²) in [6, 6.07) is 10.8. The van der Waals surface area contributed by atoms with Crippen LogP contribution in [0.1, 0.15) is 47.9 Å². The molecule has 0 N–H and O–H groups in total. The van der Waals surface area contributed by atoms with Gasteiger partial charge in [-0.15, -0.1) is 0 Å². The maximum Gasteiger partial charge on any atom is 0.0665 e. The molecule has 4 aliphatic heterocycles. The largest absolute Gasteiger partial charge is 0.0696 e. The van der Waals surface area contributed by atoms with Crippen LogP contribution in [0.25, 0.3) is 0 Å². The van der Waals surface area contributed by atoms with Crippen LogP contribution in [0.3, 0.4) is 0 Å². The van der Waals surface area contributed by atoms with Crippen molar-refractivity contribution in [1.29, 1.82) is 0 Å². The van der Waals surface area contributed by atoms with Gasteiger partial charge in [-0.2, -0.15) is 0 Å². The van der Waals surface area contributed by atoms with Gasteiger partial charge in [-0.05, 0) is 50.4 Å². The first kappa shape index (κ1) is 43.0. The molecule has 4 fully saturated rings. The summed E-state index contributed by atoms with van der Waals surface area (Å²) in [5.41, 5.74) is 8.19. The highest BCUT2D eigenvalue weighted by Gasteiger charge is 3.01. The number of hydrogen-bond acceptors (Lipinski definition) is 0. The van der Waals surface area contributed by atoms with E-state index in [1.807, 2.05) is 11.1 Å². The van der Waals surface area contributed by atoms with Crippen LogP contribution < -0.4 is 0 Å². The third-order valence-corrected chi connectivity index (χ3v) is 101. The van der Waals surface area contributed by atoms with E-state index in [4.69, 9.17) is 0 Å². The second kappa shape index (κ2) is 11.2. The van der Waals surface area contributed by atoms with Crippen molar-refractivity contribution in [2.24, 2.45) is 0 Å². The summed E-state index contributed by atoms with van der Waals surface area (Å²) >= 11 is 0. The fourth-order valence-corrected chi connectivity index (χ4v) is 136. The van der Waals surface area contributed by atoms with Gasteiger partial charge in [0.05, 0.1) is 16.1 Å². The molecule has 0 amide bonds. The van der Waals surface area contributed by atoms with Crippen molar-refractivity contribution in [2.45, 2.75) is 222 Å². The Labute approximate surface area is 335 Å². The Morgan fingerprint density at radius 2 is 0.519 bits per heavy atom. The predicted molar refractivity (Wildman–Crippen MR) is 267 cm³/mol. The minimum Gasteiger partial charge on any atom is -0.0696 e. The standard InChI is InChI=1S/C42H88Si10/c1-43(2,3)39(44(4,5)6)29-30-40(45(7,8)9,46(10,11)12)51(39)35-33-27-25-26-28-34(33)36-38(37(35)51)52(36)41(47(13,14)15,48(16,17)18)31-32-42(52,49(19,20)21)50(22,23)24/h25-28,35-38H,29-32H2,1-24H3. The molecule has 4 unspecified atom stereocenters. The van der Waals surface area contributed by atoms with Gasteiger partial charge >= 0.3 is 0 Å². The van der Waals surface area contributed by atoms with Crippen LogP contribution in [0, 0.1) is 0 Å². The van der Waals surface area contributed by atoms with E-state index in [1.165, 1.54) is 0 Å². The van der Waals surface area contributed by atoms with Crippen molar-refractivity contribution in [2.75, 3.05) is 0 Å². The van der Waals surface area contributed by atoms with Crippen molar-refractivity contribution in [3.63, 3.8) is 0 Å². The van der Waals surface area contributed by atoms with Crippen molar-refractivity contribution in [1.82, 2.24) is 0 Å². The maximum atomic E-state index is 2.96. The summed E-state index contributed by atoms with van der Waals surface area (Å²) in [6.07, 6.45) is 6.56. The van der Waals surface area contributed by atoms with Gasteiger partial charge in [0.2, 0.25) is 0 Å². The Bertz CT molecular complexity index is 1360. The molecule has 4 heterocycles. The minimum atomic E-state index is -1.97. The van der Waals surface area contributed by atoms with Gasteiger partial charge in [0.15, 0.2) is 0 Å². The summed E-state index contributed by atoms with van der Waals surface area (Å²) in [7, 11) is -16.8. The molecular weight excluding hydrogens is 785 g/mol. The SMILES string of the molecule is C[Si](C)(C)C1([Si](C)(C)C)CCC([Si](C)(C)C)([Si](C)(C)C)[Si]12C1c3ccccc3C3C(C12)[Si]31C([Si](C)(C)C)([Si](C)(C)C)CCC1([Si](C)(C)C)[Si](C)(C)C. The van der Waals surface area contributed by atoms with Crippen molar-refractivity contribution in [3.05, 3.63) is 35.4 Å². The lowest BCUT2D eigenvalue weighted by atomic mass is 9.92. The zero-order chi connectivity index (χ0) is 40.1. The Kier molecular flexibility index (Phi) is 9.22. The van der Waals surface area contributed by atoms with Crippen LogP contribution in [0.15, 0.2) is 24.3 Å². The van der Waals surface area contributed by atoms with Crippen LogP contribution in [0.5, 0.6) is 0 Å². The van der Waals surface area contributed by atoms with E-state index >= 15 is 0 Å². The second-order valence-corrected chi connectivity index (χ2v) is 86.3. The normalized spacial score (nSPS) is 31.3. The van der Waals surface area contributed by atoms with Gasteiger partial charge in [0, 0.05) is 64.6 Å². The van der Waals surface area contributed by atoms with Crippen LogP contribution in [0.2, 0.25) is 185 Å². The monoisotopic (exact) mass is 872 g/mol. The molecule has 6 rings (SSSR count). The first-order valence-electron chi connectivity index (χ1n) is 22.0. The lowest BCUT2D eigenvalue weighted by Gasteiger charge is -2.64. The molecule has 1 aliphatic carbocycles. The summed E-state index contributed by atoms with van der Waals surface area (Å²) in [5.74, 6) is 0. The van der Waals surface area contributed by atoms with E-state index < -0.39 is 80.7 Å². The molecule has 0 saturated carbocycles. The molecule has 52 heavy (non-hydrogen) atoms. The molecular formula is C42H88Si10. The predicted octanol–water partition coefficient (Wildman–Crippen LogP) is 15.2. The van der Waals surface area contributed by atoms with Crippen LogP contribution in [-0.4, -0.2) is 80.7 Å². The molecule has 296 valence electrons. The van der Waals surface area contributed by atoms with Gasteiger partial charge in [-0.3, -0.25) is 0 Å². The van der Waals surface area contributed by atoms with Gasteiger partial charge in [-0.1, -0.05) is 207 Å². The highest BCUT2D eigenvalue weighted by molar-refractivity contribution is 7.35. The zero-order valence-corrected chi connectivity index (χ0v) is 49.4. The summed E-state index contributed by atoms with van der Waals surface area (Å²) in [6.45, 7) is 70.9. The highest BCUT2D eigenvalue weighted by Crippen LogP contribution is 3.03. The topological polar surface area (TPSA) is 0 Å². The lowest BCUT2D eigenvalue weighted by Crippen LogP contribution is -2.73. The molecule has 10 heteroatoms. The Balaban J connectivity index is 1.90. The number of rotatable bonds is 8. The first-order valence-corrected chi connectivity index (χ1v) is 54.3. The van der Waals surface area contributed by atoms with E-state index in [2.05, 4.69) is 181 Å². The third kappa shape index (κ3) is 4.29. The van der Waals surface area contributed by atoms with Crippen LogP contribution >= 0.6 is 0 Å². The van der Waals surface area contributed by atoms with E-state index in [0.29, 0.717) is 0 Å². The van der Waals surface area contributed by atoms with Gasteiger partial charge < -0.3 is 0 Å². The van der Waals surface area contributed by atoms with Gasteiger partial charge in [0.25, 0.3) is 0 Å². The van der Waals surface area contributed by atoms with E-state index in [0.717, 1.165) is 39.3 Å². The molecule has 0 bridgehead atoms. The van der Waals surface area contributed by atoms with E-state index in [1.54, 1.807) is 25.7 Å². The van der Waals surface area contributed by atoms with Gasteiger partial charge in [0.1, 0.15) is 0 Å². The van der Waals surface area contributed by atoms with Crippen LogP contribution in [-0.2, 0) is 0 Å². The molecule has 2 spiro atoms. The number of fused-ring (bicyclic) bond motifs is 10. The smallest absolute Gasteiger partial charge is 0.0665 e. The minimum absolute atomic E-state index is 0.726. The molecule has 4 saturated heterocycles. The highest BCUT2D eigenvalue weighted by atomic mass is 28.5. The van der Waals surface area contributed by atoms with Crippen molar-refractivity contribution in [3.8, 4) is 0 Å². The molecule has 0 radical (unpaired) electrons. The maximum absolute atomic E-state index is 2.96. The summed E-state index contributed by atoms with van der Waals surface area (Å²) in [5, 5.41) is 0. The third-order valence-electron chi connectivity index (χ3n) is 19.4. The average molecular weight is 874 g/mol. The van der Waals surface area contributed by atoms with Gasteiger partial charge in [-0.25, -0.2) is 0 Å². The second-order valence-electron chi connectivity index (χ2n) is 28.0. The van der Waals surface area contributed by atoms with E-state index in [-0.39, 0.29) is 0 Å². The van der Waals surface area contributed by atoms with Crippen molar-refractivity contribution >= 4 is 80.7 Å². The summed E-state index contributed by atoms with van der Waals surface area (Å²) in [4.78, 5) is 0. The molecule has 5 aliphatic rings. The number of benzene rings is 1. The Morgan fingerprint density at radius 1 is 0.346 bits per heavy atom. The molecule has 0 aromatic heterocycles. The average Bonchev–Trinajstić information content (AvgIpc) is 3.60. The van der Waals surface area contributed by atoms with E-state index in [9.17, 15) is 0 Å². The molecule has 0 nitrogen and oxygen atoms in total. The molecule has 4 atom stereocenters. The number of hydrogen-bond donors (Lipinski definition) is 0. The Morgan fingerprint density at radius 3 is 0.673 bits per heavy atom. The lowest BCUT2D eigenvalue weighted by molar-refractivity contribution is 0.763. The fraction of sp³-hybridized carbons (Fsp3) is 0.857. The quantitative estimate of drug-likeness (QED) is 0.228. The van der Waals surface area contributed by atoms with Crippen molar-refractivity contribution < 1.29 is 0 Å². The molecule has 1 aromatic rings. The Hall–Kier alpha value is 1.39. The summed E-state index contributed by atoms with van der Waals surface area (Å²) < 4.78 is 2.90. The molecule has 1 aromatic carbocycles. The fourth-order valence-electron chi connectivity index (χ4n) is 20.7. The van der Waals surface area contributed by atoms with Crippen LogP contribution in [0.4, 0.5) is 0 Å².